The zero-order valence-electron chi connectivity index (χ0n) is 11.9. The number of hydrogen-bond donors (Lipinski definition) is 1. The maximum absolute atomic E-state index is 13.5. The summed E-state index contributed by atoms with van der Waals surface area (Å²) in [6.45, 7) is 2.73. The van der Waals surface area contributed by atoms with Crippen LogP contribution in [0.2, 0.25) is 0 Å². The second kappa shape index (κ2) is 6.27. The van der Waals surface area contributed by atoms with Crippen molar-refractivity contribution in [1.29, 1.82) is 0 Å². The summed E-state index contributed by atoms with van der Waals surface area (Å²) in [5.41, 5.74) is -0.0797. The summed E-state index contributed by atoms with van der Waals surface area (Å²) in [5.74, 6) is -1.26. The first-order valence-electron chi connectivity index (χ1n) is 7.19. The Morgan fingerprint density at radius 1 is 1.18 bits per heavy atom. The Morgan fingerprint density at radius 3 is 2.68 bits per heavy atom. The molecule has 6 heteroatoms. The molecule has 0 atom stereocenters. The van der Waals surface area contributed by atoms with Gasteiger partial charge in [0.05, 0.1) is 12.2 Å². The number of carbonyl (C=O) groups is 1. The molecule has 0 aliphatic carbocycles. The summed E-state index contributed by atoms with van der Waals surface area (Å²) in [6, 6.07) is 6.28. The molecule has 0 unspecified atom stereocenters. The molecule has 0 spiro atoms. The zero-order chi connectivity index (χ0) is 15.5. The largest absolute Gasteiger partial charge is 0.455 e. The van der Waals surface area contributed by atoms with Crippen LogP contribution in [0, 0.1) is 11.6 Å². The van der Waals surface area contributed by atoms with Gasteiger partial charge < -0.3 is 9.73 Å². The van der Waals surface area contributed by atoms with Crippen LogP contribution in [0.25, 0.3) is 0 Å². The van der Waals surface area contributed by atoms with E-state index in [-0.39, 0.29) is 11.4 Å². The summed E-state index contributed by atoms with van der Waals surface area (Å²) >= 11 is 0. The van der Waals surface area contributed by atoms with E-state index in [9.17, 15) is 13.6 Å². The van der Waals surface area contributed by atoms with Gasteiger partial charge >= 0.3 is 0 Å². The summed E-state index contributed by atoms with van der Waals surface area (Å²) in [5, 5.41) is 2.37. The minimum absolute atomic E-state index is 0.0797. The van der Waals surface area contributed by atoms with E-state index in [2.05, 4.69) is 10.2 Å². The molecular weight excluding hydrogens is 290 g/mol. The maximum atomic E-state index is 13.5. The lowest BCUT2D eigenvalue weighted by Crippen LogP contribution is -2.18. The third-order valence-electron chi connectivity index (χ3n) is 3.64. The molecule has 4 nitrogen and oxygen atoms in total. The Bertz CT molecular complexity index is 679. The number of nitrogens with one attached hydrogen (secondary N) is 1. The van der Waals surface area contributed by atoms with Gasteiger partial charge in [-0.2, -0.15) is 0 Å². The van der Waals surface area contributed by atoms with Crippen LogP contribution in [-0.4, -0.2) is 23.9 Å². The molecule has 2 aromatic rings. The quantitative estimate of drug-likeness (QED) is 0.941. The van der Waals surface area contributed by atoms with E-state index in [1.165, 1.54) is 18.9 Å². The number of furan rings is 1. The number of hydrogen-bond acceptors (Lipinski definition) is 3. The van der Waals surface area contributed by atoms with Crippen molar-refractivity contribution in [3.63, 3.8) is 0 Å². The lowest BCUT2D eigenvalue weighted by molar-refractivity contribution is 0.0992. The summed E-state index contributed by atoms with van der Waals surface area (Å²) in [4.78, 5) is 14.3. The molecule has 1 aliphatic rings. The fraction of sp³-hybridized carbons (Fsp3) is 0.312. The molecule has 3 rings (SSSR count). The van der Waals surface area contributed by atoms with Crippen LogP contribution in [-0.2, 0) is 6.54 Å². The smallest absolute Gasteiger partial charge is 0.291 e. The predicted molar refractivity (Wildman–Crippen MR) is 77.5 cm³/mol. The molecule has 1 aromatic carbocycles. The van der Waals surface area contributed by atoms with Gasteiger partial charge in [-0.15, -0.1) is 0 Å². The number of benzene rings is 1. The number of anilines is 1. The van der Waals surface area contributed by atoms with Gasteiger partial charge in [0.1, 0.15) is 17.4 Å². The van der Waals surface area contributed by atoms with E-state index in [4.69, 9.17) is 4.42 Å². The van der Waals surface area contributed by atoms with Crippen LogP contribution in [0.4, 0.5) is 14.5 Å². The molecule has 1 aliphatic heterocycles. The summed E-state index contributed by atoms with van der Waals surface area (Å²) in [7, 11) is 0. The standard InChI is InChI=1S/C16H16F2N2O2/c17-11-3-5-14(13(18)9-11)19-16(21)15-6-4-12(22-15)10-20-7-1-2-8-20/h3-6,9H,1-2,7-8,10H2,(H,19,21). The van der Waals surface area contributed by atoms with Crippen LogP contribution >= 0.6 is 0 Å². The minimum Gasteiger partial charge on any atom is -0.455 e. The van der Waals surface area contributed by atoms with Crippen molar-refractivity contribution in [3.05, 3.63) is 53.5 Å². The Morgan fingerprint density at radius 2 is 1.95 bits per heavy atom. The Hall–Kier alpha value is -2.21. The van der Waals surface area contributed by atoms with Gasteiger partial charge in [-0.05, 0) is 50.2 Å². The second-order valence-corrected chi connectivity index (χ2v) is 5.33. The van der Waals surface area contributed by atoms with Crippen molar-refractivity contribution in [2.75, 3.05) is 18.4 Å². The van der Waals surface area contributed by atoms with Crippen LogP contribution in [0.15, 0.2) is 34.7 Å². The molecule has 1 amide bonds. The molecule has 22 heavy (non-hydrogen) atoms. The number of nitrogens with zero attached hydrogens (tertiary/aromatic N) is 1. The molecule has 0 bridgehead atoms. The van der Waals surface area contributed by atoms with Gasteiger partial charge in [0.25, 0.3) is 5.91 Å². The normalized spacial score (nSPS) is 15.2. The summed E-state index contributed by atoms with van der Waals surface area (Å²) in [6.07, 6.45) is 2.36. The van der Waals surface area contributed by atoms with Gasteiger partial charge in [-0.1, -0.05) is 0 Å². The Labute approximate surface area is 126 Å². The van der Waals surface area contributed by atoms with E-state index in [0.717, 1.165) is 25.2 Å². The Kier molecular flexibility index (Phi) is 4.20. The first kappa shape index (κ1) is 14.7. The molecule has 1 aromatic heterocycles. The number of carbonyl (C=O) groups excluding carboxylic acids is 1. The van der Waals surface area contributed by atoms with Crippen LogP contribution in [0.5, 0.6) is 0 Å². The van der Waals surface area contributed by atoms with E-state index < -0.39 is 17.5 Å². The van der Waals surface area contributed by atoms with Crippen molar-refractivity contribution < 1.29 is 18.0 Å². The van der Waals surface area contributed by atoms with Gasteiger partial charge in [0.15, 0.2) is 5.76 Å². The van der Waals surface area contributed by atoms with Crippen molar-refractivity contribution in [3.8, 4) is 0 Å². The first-order chi connectivity index (χ1) is 10.6. The topological polar surface area (TPSA) is 45.5 Å². The van der Waals surface area contributed by atoms with Crippen LogP contribution in [0.3, 0.4) is 0 Å². The monoisotopic (exact) mass is 306 g/mol. The Balaban J connectivity index is 1.65. The van der Waals surface area contributed by atoms with Crippen LogP contribution < -0.4 is 5.32 Å². The van der Waals surface area contributed by atoms with Crippen LogP contribution in [0.1, 0.15) is 29.2 Å². The van der Waals surface area contributed by atoms with Gasteiger partial charge in [0.2, 0.25) is 0 Å². The van der Waals surface area contributed by atoms with E-state index >= 15 is 0 Å². The van der Waals surface area contributed by atoms with Gasteiger partial charge in [-0.3, -0.25) is 9.69 Å². The fourth-order valence-electron chi connectivity index (χ4n) is 2.52. The summed E-state index contributed by atoms with van der Waals surface area (Å²) < 4.78 is 31.8. The molecular formula is C16H16F2N2O2. The highest BCUT2D eigenvalue weighted by atomic mass is 19.1. The van der Waals surface area contributed by atoms with Crippen molar-refractivity contribution in [2.24, 2.45) is 0 Å². The SMILES string of the molecule is O=C(Nc1ccc(F)cc1F)c1ccc(CN2CCCC2)o1. The molecule has 1 N–H and O–H groups in total. The molecule has 0 radical (unpaired) electrons. The average Bonchev–Trinajstić information content (AvgIpc) is 3.14. The highest BCUT2D eigenvalue weighted by Crippen LogP contribution is 2.18. The maximum Gasteiger partial charge on any atom is 0.291 e. The lowest BCUT2D eigenvalue weighted by Gasteiger charge is -2.11. The van der Waals surface area contributed by atoms with Gasteiger partial charge in [-0.25, -0.2) is 8.78 Å². The molecule has 116 valence electrons. The van der Waals surface area contributed by atoms with Gasteiger partial charge in [0, 0.05) is 6.07 Å². The first-order valence-corrected chi connectivity index (χ1v) is 7.19. The second-order valence-electron chi connectivity index (χ2n) is 5.33. The molecule has 1 saturated heterocycles. The molecule has 0 saturated carbocycles. The third-order valence-corrected chi connectivity index (χ3v) is 3.64. The third kappa shape index (κ3) is 3.33. The fourth-order valence-corrected chi connectivity index (χ4v) is 2.52. The highest BCUT2D eigenvalue weighted by Gasteiger charge is 2.17. The number of likely N-dealkylation sites (tertiary alicyclic amines) is 1. The van der Waals surface area contributed by atoms with Crippen molar-refractivity contribution in [2.45, 2.75) is 19.4 Å². The molecule has 1 fully saturated rings. The number of rotatable bonds is 4. The van der Waals surface area contributed by atoms with Crippen molar-refractivity contribution >= 4 is 11.6 Å². The number of halogens is 2. The van der Waals surface area contributed by atoms with Crippen molar-refractivity contribution in [1.82, 2.24) is 4.90 Å². The molecule has 2 heterocycles. The van der Waals surface area contributed by atoms with E-state index in [1.54, 1.807) is 12.1 Å². The van der Waals surface area contributed by atoms with E-state index in [1.807, 2.05) is 0 Å². The predicted octanol–water partition coefficient (Wildman–Crippen LogP) is 3.41. The zero-order valence-corrected chi connectivity index (χ0v) is 11.9. The highest BCUT2D eigenvalue weighted by molar-refractivity contribution is 6.02. The lowest BCUT2D eigenvalue weighted by atomic mass is 10.3. The van der Waals surface area contributed by atoms with E-state index in [0.29, 0.717) is 12.3 Å². The number of amides is 1. The minimum atomic E-state index is -0.822. The average molecular weight is 306 g/mol.